The minimum atomic E-state index is -0.681. The van der Waals surface area contributed by atoms with E-state index < -0.39 is 11.1 Å². The number of likely N-dealkylation sites (tertiary alicyclic amines) is 1. The predicted octanol–water partition coefficient (Wildman–Crippen LogP) is 1.98. The molecule has 1 aromatic carbocycles. The highest BCUT2D eigenvalue weighted by Crippen LogP contribution is 2.37. The zero-order valence-electron chi connectivity index (χ0n) is 13.9. The molecule has 1 aromatic rings. The van der Waals surface area contributed by atoms with Crippen molar-refractivity contribution < 1.29 is 14.3 Å². The van der Waals surface area contributed by atoms with Crippen molar-refractivity contribution in [2.75, 3.05) is 30.3 Å². The topological polar surface area (TPSA) is 70.7 Å². The number of para-hydroxylation sites is 2. The van der Waals surface area contributed by atoms with Crippen LogP contribution >= 0.6 is 0 Å². The number of ether oxygens (including phenoxy) is 1. The van der Waals surface area contributed by atoms with Gasteiger partial charge in [0.25, 0.3) is 5.91 Å². The summed E-state index contributed by atoms with van der Waals surface area (Å²) in [6.07, 6.45) is 2.92. The van der Waals surface area contributed by atoms with Gasteiger partial charge in [0.05, 0.1) is 11.4 Å². The third-order valence-electron chi connectivity index (χ3n) is 5.56. The molecule has 2 saturated heterocycles. The molecular weight excluding hydrogens is 306 g/mol. The largest absolute Gasteiger partial charge is 0.369 e. The average molecular weight is 329 g/mol. The van der Waals surface area contributed by atoms with E-state index in [1.54, 1.807) is 0 Å². The molecule has 0 unspecified atom stereocenters. The lowest BCUT2D eigenvalue weighted by Gasteiger charge is -2.45. The van der Waals surface area contributed by atoms with Crippen molar-refractivity contribution in [2.24, 2.45) is 0 Å². The van der Waals surface area contributed by atoms with Crippen molar-refractivity contribution in [3.63, 3.8) is 0 Å². The zero-order valence-corrected chi connectivity index (χ0v) is 13.9. The number of carbonyl (C=O) groups is 2. The molecule has 0 saturated carbocycles. The van der Waals surface area contributed by atoms with Crippen LogP contribution in [0.5, 0.6) is 0 Å². The molecule has 4 rings (SSSR count). The molecule has 6 heteroatoms. The second-order valence-corrected chi connectivity index (χ2v) is 7.18. The van der Waals surface area contributed by atoms with Gasteiger partial charge in [-0.1, -0.05) is 12.1 Å². The van der Waals surface area contributed by atoms with Crippen LogP contribution in [-0.4, -0.2) is 47.6 Å². The predicted molar refractivity (Wildman–Crippen MR) is 90.8 cm³/mol. The summed E-state index contributed by atoms with van der Waals surface area (Å²) in [6, 6.07) is 7.72. The fourth-order valence-corrected chi connectivity index (χ4v) is 3.98. The molecule has 1 spiro atoms. The van der Waals surface area contributed by atoms with Gasteiger partial charge in [-0.25, -0.2) is 0 Å². The average Bonchev–Trinajstić information content (AvgIpc) is 3.04. The Bertz CT molecular complexity index is 674. The van der Waals surface area contributed by atoms with Crippen LogP contribution in [0, 0.1) is 0 Å². The van der Waals surface area contributed by atoms with Crippen LogP contribution in [0.15, 0.2) is 24.3 Å². The van der Waals surface area contributed by atoms with E-state index in [9.17, 15) is 9.59 Å². The molecule has 0 aromatic heterocycles. The summed E-state index contributed by atoms with van der Waals surface area (Å²) in [5.41, 5.74) is 0.462. The van der Waals surface area contributed by atoms with Gasteiger partial charge in [-0.05, 0) is 44.7 Å². The summed E-state index contributed by atoms with van der Waals surface area (Å²) in [6.45, 7) is 3.68. The lowest BCUT2D eigenvalue weighted by atomic mass is 9.83. The Kier molecular flexibility index (Phi) is 3.53. The van der Waals surface area contributed by atoms with Crippen LogP contribution in [0.25, 0.3) is 0 Å². The molecule has 3 aliphatic heterocycles. The van der Waals surface area contributed by atoms with E-state index in [0.29, 0.717) is 32.5 Å². The lowest BCUT2D eigenvalue weighted by Crippen LogP contribution is -2.60. The molecule has 2 N–H and O–H groups in total. The third-order valence-corrected chi connectivity index (χ3v) is 5.56. The molecule has 3 heterocycles. The van der Waals surface area contributed by atoms with Gasteiger partial charge in [-0.15, -0.1) is 0 Å². The van der Waals surface area contributed by atoms with Gasteiger partial charge < -0.3 is 20.3 Å². The number of amides is 2. The van der Waals surface area contributed by atoms with E-state index in [1.165, 1.54) is 0 Å². The highest BCUT2D eigenvalue weighted by Gasteiger charge is 2.48. The molecule has 128 valence electrons. The number of rotatable bonds is 1. The maximum atomic E-state index is 12.8. The second-order valence-electron chi connectivity index (χ2n) is 7.18. The maximum absolute atomic E-state index is 12.8. The van der Waals surface area contributed by atoms with Crippen LogP contribution in [0.4, 0.5) is 11.4 Å². The first-order valence-corrected chi connectivity index (χ1v) is 8.65. The number of piperidine rings is 1. The second kappa shape index (κ2) is 5.48. The summed E-state index contributed by atoms with van der Waals surface area (Å²) in [7, 11) is 0. The van der Waals surface area contributed by atoms with Crippen LogP contribution < -0.4 is 10.6 Å². The van der Waals surface area contributed by atoms with E-state index in [1.807, 2.05) is 36.1 Å². The van der Waals surface area contributed by atoms with Crippen LogP contribution in [0.1, 0.15) is 32.6 Å². The van der Waals surface area contributed by atoms with Crippen molar-refractivity contribution in [3.05, 3.63) is 24.3 Å². The first-order chi connectivity index (χ1) is 11.5. The van der Waals surface area contributed by atoms with E-state index in [-0.39, 0.29) is 11.8 Å². The summed E-state index contributed by atoms with van der Waals surface area (Å²) >= 11 is 0. The Morgan fingerprint density at radius 1 is 1.17 bits per heavy atom. The molecule has 0 aliphatic carbocycles. The molecule has 24 heavy (non-hydrogen) atoms. The SMILES string of the molecule is C[C@@]1(C(=O)N2CCC3(CC2)Nc2ccccc2NC3=O)CCCO1. The monoisotopic (exact) mass is 329 g/mol. The van der Waals surface area contributed by atoms with Crippen molar-refractivity contribution >= 4 is 23.2 Å². The molecule has 3 aliphatic rings. The van der Waals surface area contributed by atoms with Crippen LogP contribution in [0.2, 0.25) is 0 Å². The molecule has 0 bridgehead atoms. The Morgan fingerprint density at radius 3 is 2.54 bits per heavy atom. The van der Waals surface area contributed by atoms with Gasteiger partial charge in [0, 0.05) is 19.7 Å². The van der Waals surface area contributed by atoms with Crippen molar-refractivity contribution in [1.29, 1.82) is 0 Å². The van der Waals surface area contributed by atoms with Gasteiger partial charge in [0.15, 0.2) is 0 Å². The Hall–Kier alpha value is -2.08. The highest BCUT2D eigenvalue weighted by molar-refractivity contribution is 6.06. The number of carbonyl (C=O) groups excluding carboxylic acids is 2. The minimum Gasteiger partial charge on any atom is -0.369 e. The Balaban J connectivity index is 1.48. The molecule has 6 nitrogen and oxygen atoms in total. The molecule has 1 atom stereocenters. The van der Waals surface area contributed by atoms with Gasteiger partial charge >= 0.3 is 0 Å². The third kappa shape index (κ3) is 2.36. The number of anilines is 2. The maximum Gasteiger partial charge on any atom is 0.254 e. The number of hydrogen-bond donors (Lipinski definition) is 2. The van der Waals surface area contributed by atoms with E-state index in [4.69, 9.17) is 4.74 Å². The first-order valence-electron chi connectivity index (χ1n) is 8.65. The molecular formula is C18H23N3O3. The van der Waals surface area contributed by atoms with Gasteiger partial charge in [-0.3, -0.25) is 9.59 Å². The summed E-state index contributed by atoms with van der Waals surface area (Å²) in [5.74, 6) is 0.0584. The first kappa shape index (κ1) is 15.4. The Morgan fingerprint density at radius 2 is 1.88 bits per heavy atom. The number of hydrogen-bond acceptors (Lipinski definition) is 4. The van der Waals surface area contributed by atoms with Crippen LogP contribution in [-0.2, 0) is 14.3 Å². The van der Waals surface area contributed by atoms with Crippen molar-refractivity contribution in [3.8, 4) is 0 Å². The van der Waals surface area contributed by atoms with E-state index in [0.717, 1.165) is 24.2 Å². The lowest BCUT2D eigenvalue weighted by molar-refractivity contribution is -0.153. The van der Waals surface area contributed by atoms with Gasteiger partial charge in [-0.2, -0.15) is 0 Å². The Labute approximate surface area is 141 Å². The number of fused-ring (bicyclic) bond motifs is 1. The van der Waals surface area contributed by atoms with Crippen molar-refractivity contribution in [2.45, 2.75) is 43.7 Å². The summed E-state index contributed by atoms with van der Waals surface area (Å²) < 4.78 is 5.67. The fraction of sp³-hybridized carbons (Fsp3) is 0.556. The van der Waals surface area contributed by atoms with Crippen LogP contribution in [0.3, 0.4) is 0 Å². The molecule has 0 radical (unpaired) electrons. The normalized spacial score (nSPS) is 28.2. The van der Waals surface area contributed by atoms with Crippen molar-refractivity contribution in [1.82, 2.24) is 4.90 Å². The number of nitrogens with one attached hydrogen (secondary N) is 2. The fourth-order valence-electron chi connectivity index (χ4n) is 3.98. The molecule has 2 amide bonds. The van der Waals surface area contributed by atoms with E-state index in [2.05, 4.69) is 10.6 Å². The summed E-state index contributed by atoms with van der Waals surface area (Å²) in [4.78, 5) is 27.2. The van der Waals surface area contributed by atoms with Gasteiger partial charge in [0.1, 0.15) is 11.1 Å². The zero-order chi connectivity index (χ0) is 16.8. The number of nitrogens with zero attached hydrogens (tertiary/aromatic N) is 1. The van der Waals surface area contributed by atoms with Gasteiger partial charge in [0.2, 0.25) is 5.91 Å². The summed E-state index contributed by atoms with van der Waals surface area (Å²) in [5, 5.41) is 6.42. The highest BCUT2D eigenvalue weighted by atomic mass is 16.5. The molecule has 2 fully saturated rings. The van der Waals surface area contributed by atoms with E-state index >= 15 is 0 Å². The quantitative estimate of drug-likeness (QED) is 0.826. The minimum absolute atomic E-state index is 0.00312. The number of benzene rings is 1. The standard InChI is InChI=1S/C18H23N3O3/c1-17(7-4-12-24-17)16(23)21-10-8-18(9-11-21)15(22)19-13-5-2-3-6-14(13)20-18/h2-3,5-6,20H,4,7-12H2,1H3,(H,19,22)/t17-/m0/s1. The smallest absolute Gasteiger partial charge is 0.254 e.